The number of hydrogen-bond acceptors (Lipinski definition) is 15. The van der Waals surface area contributed by atoms with E-state index in [0.717, 1.165) is 161 Å². The molecule has 550 valence electrons. The number of imidazole rings is 12. The maximum atomic E-state index is 6.07. The van der Waals surface area contributed by atoms with Crippen molar-refractivity contribution in [2.45, 2.75) is 0 Å². The summed E-state index contributed by atoms with van der Waals surface area (Å²) in [4.78, 5) is 44.4. The van der Waals surface area contributed by atoms with Gasteiger partial charge in [-0.05, 0) is 179 Å². The number of aromatic nitrogens is 24. The van der Waals surface area contributed by atoms with Gasteiger partial charge in [0.15, 0.2) is 0 Å². The van der Waals surface area contributed by atoms with Crippen molar-refractivity contribution in [3.05, 3.63) is 315 Å². The fourth-order valence-electron chi connectivity index (χ4n) is 17.3. The number of hydrogen-bond donors (Lipinski definition) is 0. The Labute approximate surface area is 653 Å². The minimum Gasteiger partial charge on any atom is -0.332 e. The molecule has 0 saturated heterocycles. The van der Waals surface area contributed by atoms with Crippen LogP contribution in [-0.2, 0) is 0 Å². The van der Waals surface area contributed by atoms with Gasteiger partial charge in [-0.1, -0.05) is 152 Å². The Morgan fingerprint density at radius 3 is 0.778 bits per heavy atom. The van der Waals surface area contributed by atoms with E-state index < -0.39 is 0 Å². The van der Waals surface area contributed by atoms with Crippen LogP contribution in [0, 0.1) is 0 Å². The molecule has 0 fully saturated rings. The van der Waals surface area contributed by atoms with E-state index in [2.05, 4.69) is 173 Å². The summed E-state index contributed by atoms with van der Waals surface area (Å²) in [5, 5.41) is 13.2. The van der Waals surface area contributed by atoms with Crippen LogP contribution in [0.3, 0.4) is 0 Å². The molecule has 0 atom stereocenters. The lowest BCUT2D eigenvalue weighted by Crippen LogP contribution is -1.99. The lowest BCUT2D eigenvalue weighted by atomic mass is 10.2. The molecule has 0 radical (unpaired) electrons. The molecule has 0 saturated carbocycles. The topological polar surface area (TPSA) is 250 Å². The van der Waals surface area contributed by atoms with Crippen molar-refractivity contribution in [1.29, 1.82) is 0 Å². The highest BCUT2D eigenvalue weighted by atomic mass is 16.5. The van der Waals surface area contributed by atoms with Gasteiger partial charge in [0.25, 0.3) is 23.7 Å². The van der Waals surface area contributed by atoms with Gasteiger partial charge in [0.2, 0.25) is 34.7 Å². The molecule has 0 aliphatic heterocycles. The summed E-state index contributed by atoms with van der Waals surface area (Å²) in [7, 11) is 0. The van der Waals surface area contributed by atoms with Gasteiger partial charge < -0.3 is 13.6 Å². The van der Waals surface area contributed by atoms with E-state index >= 15 is 0 Å². The van der Waals surface area contributed by atoms with Gasteiger partial charge >= 0.3 is 12.0 Å². The van der Waals surface area contributed by atoms with E-state index in [4.69, 9.17) is 53.4 Å². The first-order valence-corrected chi connectivity index (χ1v) is 37.9. The summed E-state index contributed by atoms with van der Waals surface area (Å²) >= 11 is 0. The van der Waals surface area contributed by atoms with Crippen molar-refractivity contribution in [2.24, 2.45) is 0 Å². The minimum absolute atomic E-state index is 0.312. The lowest BCUT2D eigenvalue weighted by molar-refractivity contribution is 0.404. The van der Waals surface area contributed by atoms with E-state index in [1.54, 1.807) is 0 Å². The Hall–Kier alpha value is -17.1. The Morgan fingerprint density at radius 2 is 0.427 bits per heavy atom. The molecular weight excluding hydrogens is 1470 g/mol. The van der Waals surface area contributed by atoms with Gasteiger partial charge in [-0.3, -0.25) is 31.0 Å². The Morgan fingerprint density at radius 1 is 0.179 bits per heavy atom. The molecule has 0 amide bonds. The molecule has 28 rings (SSSR count). The van der Waals surface area contributed by atoms with E-state index in [0.29, 0.717) is 53.1 Å². The normalized spacial score (nSPS) is 12.3. The second-order valence-corrected chi connectivity index (χ2v) is 28.6. The zero-order valence-electron chi connectivity index (χ0n) is 61.0. The van der Waals surface area contributed by atoms with Gasteiger partial charge in [-0.25, -0.2) is 52.7 Å². The fourth-order valence-corrected chi connectivity index (χ4v) is 17.3. The number of fused-ring (bicyclic) bond motifs is 30. The van der Waals surface area contributed by atoms with E-state index in [9.17, 15) is 0 Å². The zero-order valence-corrected chi connectivity index (χ0v) is 61.0. The monoisotopic (exact) mass is 1520 g/mol. The average molecular weight is 1520 g/mol. The third kappa shape index (κ3) is 8.85. The highest BCUT2D eigenvalue weighted by Crippen LogP contribution is 2.38. The predicted octanol–water partition coefficient (Wildman–Crippen LogP) is 18.3. The molecule has 0 aliphatic rings. The van der Waals surface area contributed by atoms with Gasteiger partial charge in [0, 0.05) is 5.56 Å². The summed E-state index contributed by atoms with van der Waals surface area (Å²) in [6, 6.07) is 107. The largest absolute Gasteiger partial charge is 0.337 e. The minimum atomic E-state index is 0.312. The van der Waals surface area contributed by atoms with Crippen LogP contribution in [0.1, 0.15) is 0 Å². The lowest BCUT2D eigenvalue weighted by Gasteiger charge is -2.06. The molecule has 0 bridgehead atoms. The first kappa shape index (κ1) is 62.6. The van der Waals surface area contributed by atoms with Gasteiger partial charge in [0.1, 0.15) is 0 Å². The number of rotatable bonds is 7. The van der Waals surface area contributed by atoms with Crippen molar-refractivity contribution < 1.29 is 13.6 Å². The molecule has 15 aromatic heterocycles. The molecule has 0 spiro atoms. The van der Waals surface area contributed by atoms with Gasteiger partial charge in [0.05, 0.1) is 138 Å². The molecule has 28 aromatic rings. The van der Waals surface area contributed by atoms with Crippen molar-refractivity contribution in [1.82, 2.24) is 114 Å². The third-order valence-electron chi connectivity index (χ3n) is 22.2. The molecule has 117 heavy (non-hydrogen) atoms. The molecule has 27 nitrogen and oxygen atoms in total. The molecule has 15 heterocycles. The van der Waals surface area contributed by atoms with Crippen LogP contribution in [0.15, 0.2) is 329 Å². The van der Waals surface area contributed by atoms with Crippen LogP contribution in [-0.4, -0.2) is 114 Å². The van der Waals surface area contributed by atoms with Crippen LogP contribution in [0.5, 0.6) is 0 Å². The Balaban J connectivity index is 0.000000102. The van der Waals surface area contributed by atoms with Crippen molar-refractivity contribution in [2.75, 3.05) is 0 Å². The van der Waals surface area contributed by atoms with Gasteiger partial charge in [-0.2, -0.15) is 15.0 Å². The predicted molar refractivity (Wildman–Crippen MR) is 447 cm³/mol. The van der Waals surface area contributed by atoms with Crippen LogP contribution < -0.4 is 0 Å². The van der Waals surface area contributed by atoms with E-state index in [1.165, 1.54) is 0 Å². The van der Waals surface area contributed by atoms with E-state index in [-0.39, 0.29) is 0 Å². The molecular formula is C90H52N24O3. The van der Waals surface area contributed by atoms with Crippen LogP contribution in [0.25, 0.3) is 214 Å². The molecule has 0 N–H and O–H groups in total. The second-order valence-electron chi connectivity index (χ2n) is 28.6. The summed E-state index contributed by atoms with van der Waals surface area (Å²) in [6.45, 7) is 0. The molecule has 13 aromatic carbocycles. The van der Waals surface area contributed by atoms with Crippen molar-refractivity contribution in [3.63, 3.8) is 0 Å². The second kappa shape index (κ2) is 23.7. The zero-order chi connectivity index (χ0) is 76.2. The maximum Gasteiger partial charge on any atom is 0.337 e. The standard InChI is InChI=1S/C41H23N11O.C28H16N8O.C21H13N5O/c1-3-13-28-25(11-1)42-38-47(30-15-5-6-16-31(30)48(28)38)24-21-22-27-36(23-24)50-32-17-7-9-19-34(32)51(39(50)44-27)37-45-41(53-46-37)52-35-20-10-8-18-33(35)49-29-14-4-2-12-26(29)43-40(49)52;1-3-11-19-17(9-1)29-26-33(19)21-13-5-7-15-23(21)35(26)25-31-28(37-32-25)36-24-16-8-6-14-22(24)34-20-12-4-2-10-18(20)30-27(34)36;1-2-8-14(9-3-1)19-23-20(24-27-19)26-18-13-7-6-12-17(18)25-16-11-5-4-10-15(16)22-21(25)26/h1-23H;1-16H;1-13H. The maximum absolute atomic E-state index is 6.07. The first-order chi connectivity index (χ1) is 58.1. The Kier molecular flexibility index (Phi) is 12.7. The fraction of sp³-hybridized carbons (Fsp3) is 0. The van der Waals surface area contributed by atoms with Crippen LogP contribution in [0.4, 0.5) is 0 Å². The first-order valence-electron chi connectivity index (χ1n) is 37.9. The summed E-state index contributed by atoms with van der Waals surface area (Å²) in [5.41, 5.74) is 25.3. The highest BCUT2D eigenvalue weighted by Gasteiger charge is 2.29. The summed E-state index contributed by atoms with van der Waals surface area (Å²) < 4.78 is 42.3. The summed E-state index contributed by atoms with van der Waals surface area (Å²) in [5.74, 6) is 6.15. The Bertz CT molecular complexity index is 8820. The number of para-hydroxylation sites is 22. The van der Waals surface area contributed by atoms with E-state index in [1.807, 2.05) is 217 Å². The summed E-state index contributed by atoms with van der Waals surface area (Å²) in [6.07, 6.45) is 0. The van der Waals surface area contributed by atoms with Gasteiger partial charge in [-0.15, -0.1) is 0 Å². The van der Waals surface area contributed by atoms with Crippen LogP contribution in [0.2, 0.25) is 0 Å². The van der Waals surface area contributed by atoms with Crippen molar-refractivity contribution >= 4 is 167 Å². The average Bonchev–Trinajstić information content (AvgIpc) is 1.72. The number of benzene rings is 13. The third-order valence-corrected chi connectivity index (χ3v) is 22.2. The molecule has 0 aliphatic carbocycles. The molecule has 0 unspecified atom stereocenters. The molecule has 27 heteroatoms. The number of nitrogens with zero attached hydrogens (tertiary/aromatic N) is 24. The SMILES string of the molecule is c1ccc(-c2nc(-n3c4ccccc4n4c5ccccc5nc34)no2)cc1.c1ccc2c(c1)nc1n(-c3ccc4nc5n(-c6noc(-n7c8ccccc8n8c9ccccc9nc78)n6)c6ccccc6n5c4c3)c3ccccc3n21.c1ccc2c(c1)nc1n(-c3noc(-n4c5ccccc5n5c6ccccc6nc45)n3)c3ccccc3n21. The van der Waals surface area contributed by atoms with Crippen molar-refractivity contribution in [3.8, 4) is 47.0 Å². The quantitative estimate of drug-likeness (QED) is 0.144. The highest BCUT2D eigenvalue weighted by molar-refractivity contribution is 5.99. The van der Waals surface area contributed by atoms with Crippen LogP contribution >= 0.6 is 0 Å². The smallest absolute Gasteiger partial charge is 0.332 e.